The molecule has 2 aromatic carbocycles. The number of nitrogens with zero attached hydrogens (tertiary/aromatic N) is 6. The molecule has 0 spiro atoms. The van der Waals surface area contributed by atoms with Crippen LogP contribution in [0, 0.1) is 13.8 Å². The molecule has 0 saturated carbocycles. The summed E-state index contributed by atoms with van der Waals surface area (Å²) >= 11 is 0. The third-order valence-corrected chi connectivity index (χ3v) is 6.84. The Hall–Kier alpha value is -4.28. The van der Waals surface area contributed by atoms with Gasteiger partial charge in [0.05, 0.1) is 12.2 Å². The zero-order valence-electron chi connectivity index (χ0n) is 22.4. The Balaban J connectivity index is 1.62. The van der Waals surface area contributed by atoms with Gasteiger partial charge in [-0.05, 0) is 44.0 Å². The van der Waals surface area contributed by atoms with Crippen LogP contribution in [0.5, 0.6) is 5.75 Å². The molecule has 1 unspecified atom stereocenters. The van der Waals surface area contributed by atoms with E-state index in [2.05, 4.69) is 14.9 Å². The maximum absolute atomic E-state index is 13.1. The average molecular weight is 539 g/mol. The van der Waals surface area contributed by atoms with Crippen molar-refractivity contribution in [1.29, 1.82) is 0 Å². The lowest BCUT2D eigenvalue weighted by molar-refractivity contribution is -0.120. The largest absolute Gasteiger partial charge is 0.434 e. The lowest BCUT2D eigenvalue weighted by Gasteiger charge is -2.37. The van der Waals surface area contributed by atoms with Crippen molar-refractivity contribution in [1.82, 2.24) is 19.9 Å². The van der Waals surface area contributed by atoms with E-state index in [9.17, 15) is 18.4 Å². The minimum atomic E-state index is -2.96. The zero-order chi connectivity index (χ0) is 28.1. The summed E-state index contributed by atoms with van der Waals surface area (Å²) in [6.07, 6.45) is 5.03. The van der Waals surface area contributed by atoms with Crippen LogP contribution in [-0.4, -0.2) is 72.0 Å². The highest BCUT2D eigenvalue weighted by molar-refractivity contribution is 5.71. The van der Waals surface area contributed by atoms with Gasteiger partial charge in [-0.1, -0.05) is 29.8 Å². The van der Waals surface area contributed by atoms with Gasteiger partial charge in [-0.2, -0.15) is 8.78 Å². The number of hydrogen-bond acceptors (Lipinski definition) is 7. The van der Waals surface area contributed by atoms with Crippen LogP contribution >= 0.6 is 0 Å². The molecule has 1 fully saturated rings. The molecule has 11 heteroatoms. The number of carbonyl (C=O) groups is 2. The number of hydrazine groups is 1. The quantitative estimate of drug-likeness (QED) is 0.285. The van der Waals surface area contributed by atoms with Gasteiger partial charge in [0.15, 0.2) is 0 Å². The standard InChI is InChI=1S/C28H32F2N6O3/c1-19-5-8-26(39-27(29)30)23(11-19)16-36(33(4)17-37)25-12-22(7-6-20(25)2)24-13-31-28(32-14-24)34-9-10-35(18-38)21(3)15-34/h5-8,11-14,17-18,21,27H,9-10,15-16H2,1-4H3. The van der Waals surface area contributed by atoms with E-state index in [4.69, 9.17) is 4.74 Å². The number of hydrogen-bond donors (Lipinski definition) is 0. The fourth-order valence-electron chi connectivity index (χ4n) is 4.64. The van der Waals surface area contributed by atoms with Crippen LogP contribution in [0.1, 0.15) is 23.6 Å². The maximum Gasteiger partial charge on any atom is 0.387 e. The second-order valence-electron chi connectivity index (χ2n) is 9.64. The van der Waals surface area contributed by atoms with Crippen molar-refractivity contribution < 1.29 is 23.1 Å². The molecule has 0 radical (unpaired) electrons. The van der Waals surface area contributed by atoms with Gasteiger partial charge in [-0.25, -0.2) is 9.97 Å². The Morgan fingerprint density at radius 1 is 1.08 bits per heavy atom. The molecule has 1 aliphatic heterocycles. The van der Waals surface area contributed by atoms with E-state index < -0.39 is 6.61 Å². The zero-order valence-corrected chi connectivity index (χ0v) is 22.4. The number of aromatic nitrogens is 2. The number of benzene rings is 2. The normalized spacial score (nSPS) is 15.3. The lowest BCUT2D eigenvalue weighted by Crippen LogP contribution is -2.51. The topological polar surface area (TPSA) is 82.1 Å². The molecule has 0 N–H and O–H groups in total. The monoisotopic (exact) mass is 538 g/mol. The van der Waals surface area contributed by atoms with Crippen LogP contribution in [0.25, 0.3) is 11.1 Å². The molecule has 9 nitrogen and oxygen atoms in total. The van der Waals surface area contributed by atoms with Crippen molar-refractivity contribution >= 4 is 24.5 Å². The summed E-state index contributed by atoms with van der Waals surface area (Å²) in [5.41, 5.74) is 4.62. The first-order chi connectivity index (χ1) is 18.7. The minimum absolute atomic E-state index is 0.0565. The summed E-state index contributed by atoms with van der Waals surface area (Å²) in [7, 11) is 1.60. The van der Waals surface area contributed by atoms with E-state index in [0.29, 0.717) is 37.6 Å². The number of carbonyl (C=O) groups excluding carboxylic acids is 2. The van der Waals surface area contributed by atoms with Crippen LogP contribution < -0.4 is 14.6 Å². The van der Waals surface area contributed by atoms with Crippen molar-refractivity contribution in [2.24, 2.45) is 0 Å². The van der Waals surface area contributed by atoms with Gasteiger partial charge in [0, 0.05) is 56.2 Å². The molecule has 4 rings (SSSR count). The number of amides is 2. The third-order valence-electron chi connectivity index (χ3n) is 6.84. The fourth-order valence-corrected chi connectivity index (χ4v) is 4.64. The molecule has 0 bridgehead atoms. The second-order valence-corrected chi connectivity index (χ2v) is 9.64. The fraction of sp³-hybridized carbons (Fsp3) is 0.357. The molecular formula is C28H32F2N6O3. The SMILES string of the molecule is Cc1ccc(OC(F)F)c(CN(c2cc(-c3cnc(N4CCN(C=O)C(C)C4)nc3)ccc2C)N(C)C=O)c1. The number of halogens is 2. The van der Waals surface area contributed by atoms with Gasteiger partial charge in [0.1, 0.15) is 5.75 Å². The Morgan fingerprint density at radius 2 is 1.82 bits per heavy atom. The van der Waals surface area contributed by atoms with Crippen LogP contribution in [0.2, 0.25) is 0 Å². The maximum atomic E-state index is 13.1. The Kier molecular flexibility index (Phi) is 8.58. The molecule has 1 aromatic heterocycles. The molecule has 39 heavy (non-hydrogen) atoms. The van der Waals surface area contributed by atoms with E-state index in [-0.39, 0.29) is 18.3 Å². The third kappa shape index (κ3) is 6.42. The van der Waals surface area contributed by atoms with Gasteiger partial charge in [0.25, 0.3) is 0 Å². The van der Waals surface area contributed by atoms with Crippen LogP contribution in [0.4, 0.5) is 20.4 Å². The van der Waals surface area contributed by atoms with Gasteiger partial charge in [-0.3, -0.25) is 19.6 Å². The highest BCUT2D eigenvalue weighted by atomic mass is 19.3. The highest BCUT2D eigenvalue weighted by Crippen LogP contribution is 2.32. The van der Waals surface area contributed by atoms with Crippen molar-refractivity contribution in [3.63, 3.8) is 0 Å². The summed E-state index contributed by atoms with van der Waals surface area (Å²) < 4.78 is 30.9. The smallest absolute Gasteiger partial charge is 0.387 e. The molecule has 1 saturated heterocycles. The van der Waals surface area contributed by atoms with E-state index in [0.717, 1.165) is 34.4 Å². The van der Waals surface area contributed by atoms with Gasteiger partial charge >= 0.3 is 6.61 Å². The summed E-state index contributed by atoms with van der Waals surface area (Å²) in [4.78, 5) is 36.0. The van der Waals surface area contributed by atoms with Gasteiger partial charge in [0.2, 0.25) is 18.8 Å². The molecule has 2 heterocycles. The first-order valence-corrected chi connectivity index (χ1v) is 12.6. The van der Waals surface area contributed by atoms with Crippen LogP contribution in [0.3, 0.4) is 0 Å². The molecule has 1 atom stereocenters. The lowest BCUT2D eigenvalue weighted by atomic mass is 10.0. The molecule has 2 amide bonds. The number of alkyl halides is 2. The van der Waals surface area contributed by atoms with Gasteiger partial charge in [-0.15, -0.1) is 0 Å². The summed E-state index contributed by atoms with van der Waals surface area (Å²) in [6, 6.07) is 10.8. The van der Waals surface area contributed by atoms with Crippen LogP contribution in [0.15, 0.2) is 48.8 Å². The first kappa shape index (κ1) is 27.7. The number of aryl methyl sites for hydroxylation is 2. The van der Waals surface area contributed by atoms with E-state index in [1.807, 2.05) is 39.0 Å². The predicted molar refractivity (Wildman–Crippen MR) is 144 cm³/mol. The number of rotatable bonds is 10. The molecular weight excluding hydrogens is 506 g/mol. The Morgan fingerprint density at radius 3 is 2.46 bits per heavy atom. The predicted octanol–water partition coefficient (Wildman–Crippen LogP) is 4.04. The molecule has 3 aromatic rings. The summed E-state index contributed by atoms with van der Waals surface area (Å²) in [5, 5.41) is 3.09. The molecule has 1 aliphatic rings. The second kappa shape index (κ2) is 12.1. The number of anilines is 2. The van der Waals surface area contributed by atoms with Gasteiger partial charge < -0.3 is 14.5 Å². The van der Waals surface area contributed by atoms with Crippen molar-refractivity contribution in [3.8, 4) is 16.9 Å². The Labute approximate surface area is 226 Å². The van der Waals surface area contributed by atoms with Crippen molar-refractivity contribution in [2.45, 2.75) is 40.0 Å². The number of ether oxygens (including phenoxy) is 1. The summed E-state index contributed by atoms with van der Waals surface area (Å²) in [6.45, 7) is 4.85. The van der Waals surface area contributed by atoms with E-state index in [1.54, 1.807) is 41.5 Å². The Bertz CT molecular complexity index is 1310. The van der Waals surface area contributed by atoms with Crippen LogP contribution in [-0.2, 0) is 16.1 Å². The van der Waals surface area contributed by atoms with E-state index >= 15 is 0 Å². The molecule has 206 valence electrons. The highest BCUT2D eigenvalue weighted by Gasteiger charge is 2.24. The first-order valence-electron chi connectivity index (χ1n) is 12.6. The average Bonchev–Trinajstić information content (AvgIpc) is 2.93. The number of piperazine rings is 1. The molecule has 0 aliphatic carbocycles. The van der Waals surface area contributed by atoms with E-state index in [1.165, 1.54) is 11.1 Å². The summed E-state index contributed by atoms with van der Waals surface area (Å²) in [5.74, 6) is 0.651. The van der Waals surface area contributed by atoms with Crippen molar-refractivity contribution in [2.75, 3.05) is 36.6 Å². The minimum Gasteiger partial charge on any atom is -0.434 e. The van der Waals surface area contributed by atoms with Crippen molar-refractivity contribution in [3.05, 3.63) is 65.5 Å².